The van der Waals surface area contributed by atoms with E-state index in [0.717, 1.165) is 18.4 Å². The van der Waals surface area contributed by atoms with Crippen LogP contribution in [0.2, 0.25) is 0 Å². The van der Waals surface area contributed by atoms with Crippen molar-refractivity contribution in [3.8, 4) is 0 Å². The minimum Gasteiger partial charge on any atom is -0.381 e. The molecular weight excluding hydrogens is 402 g/mol. The summed E-state index contributed by atoms with van der Waals surface area (Å²) >= 11 is 0. The number of nitrogens with one attached hydrogen (secondary N) is 1. The number of sulfone groups is 1. The highest BCUT2D eigenvalue weighted by Gasteiger charge is 2.44. The van der Waals surface area contributed by atoms with E-state index in [1.807, 2.05) is 23.1 Å². The van der Waals surface area contributed by atoms with Gasteiger partial charge in [-0.15, -0.1) is 0 Å². The van der Waals surface area contributed by atoms with Crippen molar-refractivity contribution in [3.63, 3.8) is 0 Å². The molecule has 30 heavy (non-hydrogen) atoms. The zero-order valence-corrected chi connectivity index (χ0v) is 18.2. The molecule has 2 aliphatic heterocycles. The van der Waals surface area contributed by atoms with Crippen LogP contribution in [-0.4, -0.2) is 62.0 Å². The molecule has 7 nitrogen and oxygen atoms in total. The summed E-state index contributed by atoms with van der Waals surface area (Å²) in [4.78, 5) is 16.0. The van der Waals surface area contributed by atoms with Crippen molar-refractivity contribution >= 4 is 15.7 Å². The van der Waals surface area contributed by atoms with Gasteiger partial charge in [-0.1, -0.05) is 30.3 Å². The van der Waals surface area contributed by atoms with Gasteiger partial charge in [-0.05, 0) is 37.7 Å². The number of hydrogen-bond acceptors (Lipinski definition) is 5. The number of benzene rings is 1. The van der Waals surface area contributed by atoms with Crippen LogP contribution in [0.4, 0.5) is 0 Å². The molecule has 1 amide bonds. The van der Waals surface area contributed by atoms with E-state index in [9.17, 15) is 13.2 Å². The molecule has 1 N–H and O–H groups in total. The van der Waals surface area contributed by atoms with Crippen molar-refractivity contribution in [1.29, 1.82) is 0 Å². The first-order valence-electron chi connectivity index (χ1n) is 10.5. The molecule has 0 saturated carbocycles. The predicted molar refractivity (Wildman–Crippen MR) is 113 cm³/mol. The van der Waals surface area contributed by atoms with Crippen molar-refractivity contribution in [2.45, 2.75) is 42.9 Å². The maximum atomic E-state index is 13.8. The number of piperidine rings is 1. The molecule has 2 fully saturated rings. The molecule has 2 aromatic rings. The van der Waals surface area contributed by atoms with Gasteiger partial charge in [0, 0.05) is 38.5 Å². The van der Waals surface area contributed by atoms with Crippen LogP contribution in [-0.2, 0) is 25.8 Å². The Hall–Kier alpha value is -2.19. The van der Waals surface area contributed by atoms with Crippen LogP contribution in [0.3, 0.4) is 0 Å². The fourth-order valence-electron chi connectivity index (χ4n) is 4.82. The van der Waals surface area contributed by atoms with E-state index in [1.54, 1.807) is 0 Å². The number of nitrogens with zero attached hydrogens (tertiary/aromatic N) is 2. The van der Waals surface area contributed by atoms with Gasteiger partial charge in [0.1, 0.15) is 4.90 Å². The lowest BCUT2D eigenvalue weighted by Crippen LogP contribution is -2.51. The lowest BCUT2D eigenvalue weighted by atomic mass is 9.73. The first-order chi connectivity index (χ1) is 14.4. The van der Waals surface area contributed by atoms with Gasteiger partial charge < -0.3 is 9.64 Å². The quantitative estimate of drug-likeness (QED) is 0.785. The SMILES string of the molecule is CS(=O)(=O)c1cn[nH]c1[C@H]1CCCN(C(=O)C2(Cc3ccccc3)CCOCC2)C1. The van der Waals surface area contributed by atoms with Crippen molar-refractivity contribution < 1.29 is 17.9 Å². The van der Waals surface area contributed by atoms with Gasteiger partial charge in [-0.3, -0.25) is 9.89 Å². The zero-order chi connectivity index (χ0) is 21.2. The van der Waals surface area contributed by atoms with Gasteiger partial charge in [-0.25, -0.2) is 8.42 Å². The fourth-order valence-corrected chi connectivity index (χ4v) is 5.68. The third-order valence-electron chi connectivity index (χ3n) is 6.44. The molecule has 1 aromatic heterocycles. The van der Waals surface area contributed by atoms with E-state index in [-0.39, 0.29) is 16.7 Å². The van der Waals surface area contributed by atoms with E-state index in [4.69, 9.17) is 4.74 Å². The Morgan fingerprint density at radius 2 is 2.00 bits per heavy atom. The summed E-state index contributed by atoms with van der Waals surface area (Å²) in [7, 11) is -3.36. The molecular formula is C22H29N3O4S. The summed E-state index contributed by atoms with van der Waals surface area (Å²) in [6.07, 6.45) is 6.38. The number of ether oxygens (including phenoxy) is 1. The highest BCUT2D eigenvalue weighted by Crippen LogP contribution is 2.39. The van der Waals surface area contributed by atoms with E-state index in [0.29, 0.717) is 51.3 Å². The van der Waals surface area contributed by atoms with Crippen molar-refractivity contribution in [2.75, 3.05) is 32.6 Å². The van der Waals surface area contributed by atoms with Crippen LogP contribution >= 0.6 is 0 Å². The molecule has 0 aliphatic carbocycles. The fraction of sp³-hybridized carbons (Fsp3) is 0.545. The summed E-state index contributed by atoms with van der Waals surface area (Å²) in [5.74, 6) is 0.114. The summed E-state index contributed by atoms with van der Waals surface area (Å²) in [6, 6.07) is 10.2. The minimum absolute atomic E-state index is 0.0523. The number of rotatable bonds is 5. The molecule has 2 aliphatic rings. The molecule has 0 bridgehead atoms. The smallest absolute Gasteiger partial charge is 0.229 e. The molecule has 4 rings (SSSR count). The second kappa shape index (κ2) is 8.51. The van der Waals surface area contributed by atoms with Crippen LogP contribution in [0.25, 0.3) is 0 Å². The summed E-state index contributed by atoms with van der Waals surface area (Å²) < 4.78 is 29.8. The van der Waals surface area contributed by atoms with Crippen molar-refractivity contribution in [1.82, 2.24) is 15.1 Å². The van der Waals surface area contributed by atoms with Gasteiger partial charge >= 0.3 is 0 Å². The average molecular weight is 432 g/mol. The zero-order valence-electron chi connectivity index (χ0n) is 17.3. The highest BCUT2D eigenvalue weighted by molar-refractivity contribution is 7.90. The Morgan fingerprint density at radius 3 is 2.70 bits per heavy atom. The lowest BCUT2D eigenvalue weighted by molar-refractivity contribution is -0.149. The maximum absolute atomic E-state index is 13.8. The Balaban J connectivity index is 1.57. The van der Waals surface area contributed by atoms with Crippen LogP contribution in [0.1, 0.15) is 42.9 Å². The Bertz CT molecular complexity index is 981. The molecule has 2 saturated heterocycles. The molecule has 162 valence electrons. The van der Waals surface area contributed by atoms with Gasteiger partial charge in [0.15, 0.2) is 9.84 Å². The van der Waals surface area contributed by atoms with E-state index in [2.05, 4.69) is 22.3 Å². The predicted octanol–water partition coefficient (Wildman–Crippen LogP) is 2.56. The normalized spacial score (nSPS) is 22.0. The van der Waals surface area contributed by atoms with Gasteiger partial charge in [0.05, 0.1) is 17.3 Å². The third-order valence-corrected chi connectivity index (χ3v) is 7.56. The van der Waals surface area contributed by atoms with Crippen LogP contribution < -0.4 is 0 Å². The van der Waals surface area contributed by atoms with Crippen LogP contribution in [0.5, 0.6) is 0 Å². The molecule has 1 aromatic carbocycles. The number of carbonyl (C=O) groups is 1. The topological polar surface area (TPSA) is 92.4 Å². The average Bonchev–Trinajstić information content (AvgIpc) is 3.25. The minimum atomic E-state index is -3.36. The highest BCUT2D eigenvalue weighted by atomic mass is 32.2. The first kappa shape index (κ1) is 21.1. The maximum Gasteiger partial charge on any atom is 0.229 e. The van der Waals surface area contributed by atoms with Gasteiger partial charge in [-0.2, -0.15) is 5.10 Å². The van der Waals surface area contributed by atoms with E-state index in [1.165, 1.54) is 12.5 Å². The standard InChI is InChI=1S/C22H29N3O4S/c1-30(27,28)19-15-23-24-20(19)18-8-5-11-25(16-18)21(26)22(9-12-29-13-10-22)14-17-6-3-2-4-7-17/h2-4,6-7,15,18H,5,8-14,16H2,1H3,(H,23,24)/t18-/m0/s1. The second-order valence-electron chi connectivity index (χ2n) is 8.57. The second-order valence-corrected chi connectivity index (χ2v) is 10.5. The van der Waals surface area contributed by atoms with Crippen LogP contribution in [0, 0.1) is 5.41 Å². The summed E-state index contributed by atoms with van der Waals surface area (Å²) in [5, 5.41) is 6.85. The molecule has 3 heterocycles. The summed E-state index contributed by atoms with van der Waals surface area (Å²) in [5.41, 5.74) is 1.32. The lowest BCUT2D eigenvalue weighted by Gasteiger charge is -2.42. The first-order valence-corrected chi connectivity index (χ1v) is 12.4. The molecule has 0 unspecified atom stereocenters. The largest absolute Gasteiger partial charge is 0.381 e. The molecule has 0 spiro atoms. The van der Waals surface area contributed by atoms with E-state index < -0.39 is 15.3 Å². The van der Waals surface area contributed by atoms with Crippen molar-refractivity contribution in [3.05, 3.63) is 47.8 Å². The number of aromatic nitrogens is 2. The monoisotopic (exact) mass is 431 g/mol. The number of amides is 1. The van der Waals surface area contributed by atoms with E-state index >= 15 is 0 Å². The molecule has 1 atom stereocenters. The number of hydrogen-bond donors (Lipinski definition) is 1. The third kappa shape index (κ3) is 4.30. The van der Waals surface area contributed by atoms with Gasteiger partial charge in [0.25, 0.3) is 0 Å². The van der Waals surface area contributed by atoms with Gasteiger partial charge in [0.2, 0.25) is 5.91 Å². The number of H-pyrrole nitrogens is 1. The molecule has 0 radical (unpaired) electrons. The van der Waals surface area contributed by atoms with Crippen molar-refractivity contribution in [2.24, 2.45) is 5.41 Å². The Labute approximate surface area is 177 Å². The van der Waals surface area contributed by atoms with Crippen LogP contribution in [0.15, 0.2) is 41.4 Å². The Morgan fingerprint density at radius 1 is 1.27 bits per heavy atom. The number of likely N-dealkylation sites (tertiary alicyclic amines) is 1. The Kier molecular flexibility index (Phi) is 5.97. The number of aromatic amines is 1. The molecule has 8 heteroatoms. The number of carbonyl (C=O) groups excluding carboxylic acids is 1. The summed E-state index contributed by atoms with van der Waals surface area (Å²) in [6.45, 7) is 2.40.